The minimum Gasteiger partial charge on any atom is -0.335 e. The van der Waals surface area contributed by atoms with E-state index >= 15 is 0 Å². The lowest BCUT2D eigenvalue weighted by Crippen LogP contribution is -2.68. The Bertz CT molecular complexity index is 470. The Balaban J connectivity index is 2.08. The molecule has 0 aliphatic carbocycles. The van der Waals surface area contributed by atoms with Gasteiger partial charge in [0.25, 0.3) is 5.91 Å². The maximum atomic E-state index is 13.5. The average molecular weight is 254 g/mol. The number of likely N-dealkylation sites (tertiary alicyclic amines) is 1. The molecule has 2 N–H and O–H groups in total. The molecule has 1 aliphatic rings. The molecule has 0 radical (unpaired) electrons. The number of nitrogens with zero attached hydrogens (tertiary/aromatic N) is 1. The van der Waals surface area contributed by atoms with E-state index < -0.39 is 17.5 Å². The SMILES string of the molecule is CCCC1(N)CN(C(=O)c2cccc(F)c2F)C1. The smallest absolute Gasteiger partial charge is 0.257 e. The molecule has 98 valence electrons. The van der Waals surface area contributed by atoms with Crippen molar-refractivity contribution < 1.29 is 13.6 Å². The highest BCUT2D eigenvalue weighted by Gasteiger charge is 2.41. The number of hydrogen-bond acceptors (Lipinski definition) is 2. The van der Waals surface area contributed by atoms with E-state index in [2.05, 4.69) is 0 Å². The summed E-state index contributed by atoms with van der Waals surface area (Å²) < 4.78 is 26.5. The van der Waals surface area contributed by atoms with E-state index in [-0.39, 0.29) is 11.1 Å². The van der Waals surface area contributed by atoms with Crippen LogP contribution < -0.4 is 5.73 Å². The van der Waals surface area contributed by atoms with Gasteiger partial charge in [0.2, 0.25) is 0 Å². The molecule has 1 saturated heterocycles. The van der Waals surface area contributed by atoms with E-state index in [1.54, 1.807) is 0 Å². The third-order valence-corrected chi connectivity index (χ3v) is 3.23. The van der Waals surface area contributed by atoms with E-state index in [1.165, 1.54) is 17.0 Å². The number of amides is 1. The Hall–Kier alpha value is -1.49. The van der Waals surface area contributed by atoms with Crippen molar-refractivity contribution in [2.75, 3.05) is 13.1 Å². The standard InChI is InChI=1S/C13H16F2N2O/c1-2-6-13(16)7-17(8-13)12(18)9-4-3-5-10(14)11(9)15/h3-5H,2,6-8,16H2,1H3. The molecule has 5 heteroatoms. The van der Waals surface area contributed by atoms with Crippen LogP contribution in [0.5, 0.6) is 0 Å². The van der Waals surface area contributed by atoms with Crippen LogP contribution in [0.2, 0.25) is 0 Å². The molecule has 0 aromatic heterocycles. The van der Waals surface area contributed by atoms with E-state index in [4.69, 9.17) is 5.73 Å². The molecule has 0 saturated carbocycles. The van der Waals surface area contributed by atoms with Crippen LogP contribution in [0.1, 0.15) is 30.1 Å². The molecule has 2 rings (SSSR count). The second-order valence-corrected chi connectivity index (χ2v) is 4.87. The van der Waals surface area contributed by atoms with Crippen LogP contribution >= 0.6 is 0 Å². The number of benzene rings is 1. The van der Waals surface area contributed by atoms with Gasteiger partial charge in [-0.15, -0.1) is 0 Å². The molecule has 1 amide bonds. The molecule has 0 spiro atoms. The minimum absolute atomic E-state index is 0.228. The molecule has 1 aromatic carbocycles. The first-order valence-electron chi connectivity index (χ1n) is 5.99. The molecule has 1 aliphatic heterocycles. The summed E-state index contributed by atoms with van der Waals surface area (Å²) in [6.45, 7) is 2.82. The first-order chi connectivity index (χ1) is 8.47. The molecule has 1 fully saturated rings. The minimum atomic E-state index is -1.09. The zero-order valence-electron chi connectivity index (χ0n) is 10.2. The second-order valence-electron chi connectivity index (χ2n) is 4.87. The number of hydrogen-bond donors (Lipinski definition) is 1. The van der Waals surface area contributed by atoms with Gasteiger partial charge in [-0.25, -0.2) is 8.78 Å². The molecule has 1 aromatic rings. The van der Waals surface area contributed by atoms with E-state index in [0.29, 0.717) is 13.1 Å². The summed E-state index contributed by atoms with van der Waals surface area (Å²) in [4.78, 5) is 13.4. The van der Waals surface area contributed by atoms with Crippen molar-refractivity contribution in [2.45, 2.75) is 25.3 Å². The lowest BCUT2D eigenvalue weighted by molar-refractivity contribution is 0.0381. The van der Waals surface area contributed by atoms with Gasteiger partial charge in [0, 0.05) is 13.1 Å². The summed E-state index contributed by atoms with van der Waals surface area (Å²) in [7, 11) is 0. The van der Waals surface area contributed by atoms with Crippen molar-refractivity contribution >= 4 is 5.91 Å². The van der Waals surface area contributed by atoms with Gasteiger partial charge in [-0.2, -0.15) is 0 Å². The molecular weight excluding hydrogens is 238 g/mol. The van der Waals surface area contributed by atoms with Gasteiger partial charge in [0.05, 0.1) is 11.1 Å². The third-order valence-electron chi connectivity index (χ3n) is 3.23. The van der Waals surface area contributed by atoms with Crippen molar-refractivity contribution in [3.8, 4) is 0 Å². The Morgan fingerprint density at radius 2 is 2.11 bits per heavy atom. The molecule has 0 unspecified atom stereocenters. The molecule has 1 heterocycles. The predicted octanol–water partition coefficient (Wildman–Crippen LogP) is 1.92. The molecule has 0 atom stereocenters. The van der Waals surface area contributed by atoms with Crippen LogP contribution in [-0.2, 0) is 0 Å². The fraction of sp³-hybridized carbons (Fsp3) is 0.462. The molecule has 0 bridgehead atoms. The summed E-state index contributed by atoms with van der Waals surface area (Å²) in [6.07, 6.45) is 1.76. The zero-order valence-corrected chi connectivity index (χ0v) is 10.2. The lowest BCUT2D eigenvalue weighted by Gasteiger charge is -2.47. The maximum Gasteiger partial charge on any atom is 0.257 e. The quantitative estimate of drug-likeness (QED) is 0.895. The predicted molar refractivity (Wildman–Crippen MR) is 64.1 cm³/mol. The molecule has 3 nitrogen and oxygen atoms in total. The number of rotatable bonds is 3. The fourth-order valence-electron chi connectivity index (χ4n) is 2.35. The number of carbonyl (C=O) groups excluding carboxylic acids is 1. The first kappa shape index (κ1) is 13.0. The van der Waals surface area contributed by atoms with Gasteiger partial charge >= 0.3 is 0 Å². The third kappa shape index (κ3) is 2.22. The summed E-state index contributed by atoms with van der Waals surface area (Å²) in [5.74, 6) is -2.59. The summed E-state index contributed by atoms with van der Waals surface area (Å²) in [6, 6.07) is 3.61. The van der Waals surface area contributed by atoms with E-state index in [9.17, 15) is 13.6 Å². The first-order valence-corrected chi connectivity index (χ1v) is 5.99. The van der Waals surface area contributed by atoms with Crippen LogP contribution in [0.15, 0.2) is 18.2 Å². The van der Waals surface area contributed by atoms with Gasteiger partial charge in [0.1, 0.15) is 0 Å². The number of halogens is 2. The van der Waals surface area contributed by atoms with Gasteiger partial charge < -0.3 is 10.6 Å². The van der Waals surface area contributed by atoms with Gasteiger partial charge in [-0.1, -0.05) is 19.4 Å². The van der Waals surface area contributed by atoms with E-state index in [1.807, 2.05) is 6.92 Å². The van der Waals surface area contributed by atoms with Gasteiger partial charge in [-0.05, 0) is 18.6 Å². The Morgan fingerprint density at radius 1 is 1.44 bits per heavy atom. The maximum absolute atomic E-state index is 13.5. The van der Waals surface area contributed by atoms with Crippen LogP contribution in [0.3, 0.4) is 0 Å². The Labute approximate surface area is 105 Å². The molecular formula is C13H16F2N2O. The van der Waals surface area contributed by atoms with Crippen molar-refractivity contribution in [3.63, 3.8) is 0 Å². The summed E-state index contributed by atoms with van der Waals surface area (Å²) in [5.41, 5.74) is 5.43. The zero-order chi connectivity index (χ0) is 13.3. The van der Waals surface area contributed by atoms with Gasteiger partial charge in [0.15, 0.2) is 11.6 Å². The van der Waals surface area contributed by atoms with Gasteiger partial charge in [-0.3, -0.25) is 4.79 Å². The fourth-order valence-corrected chi connectivity index (χ4v) is 2.35. The Morgan fingerprint density at radius 3 is 2.72 bits per heavy atom. The lowest BCUT2D eigenvalue weighted by atomic mass is 9.86. The molecule has 18 heavy (non-hydrogen) atoms. The second kappa shape index (κ2) is 4.65. The normalized spacial score (nSPS) is 17.4. The topological polar surface area (TPSA) is 46.3 Å². The number of carbonyl (C=O) groups is 1. The Kier molecular flexibility index (Phi) is 3.34. The summed E-state index contributed by atoms with van der Waals surface area (Å²) in [5, 5.41) is 0. The van der Waals surface area contributed by atoms with Crippen LogP contribution in [0, 0.1) is 11.6 Å². The van der Waals surface area contributed by atoms with Crippen molar-refractivity contribution in [1.82, 2.24) is 4.90 Å². The van der Waals surface area contributed by atoms with Crippen molar-refractivity contribution in [2.24, 2.45) is 5.73 Å². The highest BCUT2D eigenvalue weighted by Crippen LogP contribution is 2.26. The van der Waals surface area contributed by atoms with Crippen molar-refractivity contribution in [3.05, 3.63) is 35.4 Å². The summed E-state index contributed by atoms with van der Waals surface area (Å²) >= 11 is 0. The number of nitrogens with two attached hydrogens (primary N) is 1. The average Bonchev–Trinajstić information content (AvgIpc) is 2.29. The highest BCUT2D eigenvalue weighted by molar-refractivity contribution is 5.95. The van der Waals surface area contributed by atoms with E-state index in [0.717, 1.165) is 18.9 Å². The largest absolute Gasteiger partial charge is 0.335 e. The van der Waals surface area contributed by atoms with Crippen LogP contribution in [-0.4, -0.2) is 29.4 Å². The van der Waals surface area contributed by atoms with Crippen molar-refractivity contribution in [1.29, 1.82) is 0 Å². The van der Waals surface area contributed by atoms with Crippen LogP contribution in [0.25, 0.3) is 0 Å². The van der Waals surface area contributed by atoms with Crippen LogP contribution in [0.4, 0.5) is 8.78 Å². The highest BCUT2D eigenvalue weighted by atomic mass is 19.2. The monoisotopic (exact) mass is 254 g/mol.